The van der Waals surface area contributed by atoms with Crippen LogP contribution in [0.1, 0.15) is 5.69 Å². The Morgan fingerprint density at radius 1 is 1.13 bits per heavy atom. The second-order valence-electron chi connectivity index (χ2n) is 3.07. The van der Waals surface area contributed by atoms with Crippen molar-refractivity contribution in [3.63, 3.8) is 0 Å². The Bertz CT molecular complexity index is 455. The highest BCUT2D eigenvalue weighted by molar-refractivity contribution is 5.55. The quantitative estimate of drug-likeness (QED) is 0.793. The minimum atomic E-state index is 0.645. The summed E-state index contributed by atoms with van der Waals surface area (Å²) in [5.41, 5.74) is 2.66. The maximum absolute atomic E-state index is 4.36. The summed E-state index contributed by atoms with van der Waals surface area (Å²) in [6.07, 6.45) is 6.63. The second-order valence-corrected chi connectivity index (χ2v) is 3.07. The average molecular weight is 201 g/mol. The molecule has 0 aliphatic carbocycles. The van der Waals surface area contributed by atoms with Crippen LogP contribution in [0.4, 0.5) is 5.69 Å². The standard InChI is InChI=1S/C10H11N5/c1-7-9(11-2)5-14-10(15-7)8-3-12-6-13-4-8/h3-6,11H,1-2H3. The number of nitrogens with zero attached hydrogens (tertiary/aromatic N) is 4. The normalized spacial score (nSPS) is 10.0. The highest BCUT2D eigenvalue weighted by Gasteiger charge is 2.04. The topological polar surface area (TPSA) is 63.6 Å². The monoisotopic (exact) mass is 201 g/mol. The van der Waals surface area contributed by atoms with Gasteiger partial charge in [0.25, 0.3) is 0 Å². The van der Waals surface area contributed by atoms with Gasteiger partial charge in [0.05, 0.1) is 23.1 Å². The van der Waals surface area contributed by atoms with Crippen molar-refractivity contribution >= 4 is 5.69 Å². The summed E-state index contributed by atoms with van der Waals surface area (Å²) >= 11 is 0. The van der Waals surface area contributed by atoms with Crippen LogP contribution in [0.15, 0.2) is 24.9 Å². The van der Waals surface area contributed by atoms with Crippen LogP contribution in [0, 0.1) is 6.92 Å². The third-order valence-corrected chi connectivity index (χ3v) is 2.07. The molecule has 0 bridgehead atoms. The summed E-state index contributed by atoms with van der Waals surface area (Å²) in [7, 11) is 1.84. The number of nitrogens with one attached hydrogen (secondary N) is 1. The Hall–Kier alpha value is -2.04. The van der Waals surface area contributed by atoms with Gasteiger partial charge in [-0.25, -0.2) is 19.9 Å². The van der Waals surface area contributed by atoms with Crippen molar-refractivity contribution in [1.29, 1.82) is 0 Å². The Morgan fingerprint density at radius 2 is 1.87 bits per heavy atom. The minimum Gasteiger partial charge on any atom is -0.385 e. The van der Waals surface area contributed by atoms with Crippen LogP contribution >= 0.6 is 0 Å². The summed E-state index contributed by atoms with van der Waals surface area (Å²) in [4.78, 5) is 16.4. The largest absolute Gasteiger partial charge is 0.385 e. The lowest BCUT2D eigenvalue weighted by Crippen LogP contribution is -1.98. The zero-order chi connectivity index (χ0) is 10.7. The van der Waals surface area contributed by atoms with E-state index in [2.05, 4.69) is 25.3 Å². The smallest absolute Gasteiger partial charge is 0.162 e. The third-order valence-electron chi connectivity index (χ3n) is 2.07. The van der Waals surface area contributed by atoms with Crippen LogP contribution in [-0.4, -0.2) is 27.0 Å². The van der Waals surface area contributed by atoms with Crippen molar-refractivity contribution in [2.24, 2.45) is 0 Å². The molecule has 0 saturated heterocycles. The number of aryl methyl sites for hydroxylation is 1. The minimum absolute atomic E-state index is 0.645. The Kier molecular flexibility index (Phi) is 2.53. The van der Waals surface area contributed by atoms with Crippen molar-refractivity contribution in [2.75, 3.05) is 12.4 Å². The van der Waals surface area contributed by atoms with E-state index in [-0.39, 0.29) is 0 Å². The van der Waals surface area contributed by atoms with Gasteiger partial charge in [-0.2, -0.15) is 0 Å². The molecule has 0 aliphatic heterocycles. The number of aromatic nitrogens is 4. The van der Waals surface area contributed by atoms with E-state index in [1.165, 1.54) is 6.33 Å². The molecule has 0 radical (unpaired) electrons. The summed E-state index contributed by atoms with van der Waals surface area (Å²) < 4.78 is 0. The van der Waals surface area contributed by atoms with Gasteiger partial charge in [-0.1, -0.05) is 0 Å². The predicted octanol–water partition coefficient (Wildman–Crippen LogP) is 1.28. The SMILES string of the molecule is CNc1cnc(-c2cncnc2)nc1C. The zero-order valence-electron chi connectivity index (χ0n) is 8.60. The second kappa shape index (κ2) is 4.00. The van der Waals surface area contributed by atoms with Gasteiger partial charge in [0.15, 0.2) is 5.82 Å². The zero-order valence-corrected chi connectivity index (χ0v) is 8.60. The number of hydrogen-bond donors (Lipinski definition) is 1. The van der Waals surface area contributed by atoms with Crippen molar-refractivity contribution in [3.05, 3.63) is 30.6 Å². The molecule has 0 saturated carbocycles. The van der Waals surface area contributed by atoms with Crippen LogP contribution in [0.3, 0.4) is 0 Å². The highest BCUT2D eigenvalue weighted by Crippen LogP contribution is 2.16. The molecule has 15 heavy (non-hydrogen) atoms. The van der Waals surface area contributed by atoms with Gasteiger partial charge in [-0.3, -0.25) is 0 Å². The first-order chi connectivity index (χ1) is 7.31. The molecule has 2 aromatic heterocycles. The summed E-state index contributed by atoms with van der Waals surface area (Å²) in [6.45, 7) is 1.93. The lowest BCUT2D eigenvalue weighted by molar-refractivity contribution is 1.08. The molecule has 0 unspecified atom stereocenters. The van der Waals surface area contributed by atoms with Crippen LogP contribution in [-0.2, 0) is 0 Å². The highest BCUT2D eigenvalue weighted by atomic mass is 15.0. The molecule has 5 heteroatoms. The maximum Gasteiger partial charge on any atom is 0.162 e. The third kappa shape index (κ3) is 1.90. The van der Waals surface area contributed by atoms with Crippen molar-refractivity contribution in [3.8, 4) is 11.4 Å². The first-order valence-corrected chi connectivity index (χ1v) is 4.58. The molecule has 0 fully saturated rings. The van der Waals surface area contributed by atoms with E-state index in [9.17, 15) is 0 Å². The first kappa shape index (κ1) is 9.51. The van der Waals surface area contributed by atoms with Crippen LogP contribution in [0.5, 0.6) is 0 Å². The lowest BCUT2D eigenvalue weighted by Gasteiger charge is -2.05. The molecule has 0 aliphatic rings. The van der Waals surface area contributed by atoms with E-state index in [0.717, 1.165) is 16.9 Å². The molecule has 1 N–H and O–H groups in total. The van der Waals surface area contributed by atoms with Gasteiger partial charge in [0.1, 0.15) is 6.33 Å². The van der Waals surface area contributed by atoms with Gasteiger partial charge in [0.2, 0.25) is 0 Å². The lowest BCUT2D eigenvalue weighted by atomic mass is 10.3. The van der Waals surface area contributed by atoms with Gasteiger partial charge in [-0.15, -0.1) is 0 Å². The molecule has 2 heterocycles. The fourth-order valence-electron chi connectivity index (χ4n) is 1.27. The molecule has 0 amide bonds. The van der Waals surface area contributed by atoms with E-state index >= 15 is 0 Å². The maximum atomic E-state index is 4.36. The molecule has 0 aromatic carbocycles. The Balaban J connectivity index is 2.43. The number of hydrogen-bond acceptors (Lipinski definition) is 5. The van der Waals surface area contributed by atoms with Gasteiger partial charge >= 0.3 is 0 Å². The fraction of sp³-hybridized carbons (Fsp3) is 0.200. The van der Waals surface area contributed by atoms with Gasteiger partial charge < -0.3 is 5.32 Å². The average Bonchev–Trinajstić information content (AvgIpc) is 2.30. The van der Waals surface area contributed by atoms with Crippen molar-refractivity contribution in [1.82, 2.24) is 19.9 Å². The van der Waals surface area contributed by atoms with E-state index in [0.29, 0.717) is 5.82 Å². The molecule has 0 spiro atoms. The van der Waals surface area contributed by atoms with Crippen molar-refractivity contribution < 1.29 is 0 Å². The predicted molar refractivity (Wildman–Crippen MR) is 57.3 cm³/mol. The first-order valence-electron chi connectivity index (χ1n) is 4.58. The summed E-state index contributed by atoms with van der Waals surface area (Å²) in [6, 6.07) is 0. The molecule has 2 aromatic rings. The molecule has 2 rings (SSSR count). The molecular weight excluding hydrogens is 190 g/mol. The van der Waals surface area contributed by atoms with Crippen LogP contribution in [0.25, 0.3) is 11.4 Å². The molecule has 0 atom stereocenters. The van der Waals surface area contributed by atoms with Gasteiger partial charge in [0, 0.05) is 19.4 Å². The number of anilines is 1. The Morgan fingerprint density at radius 3 is 2.47 bits per heavy atom. The Labute approximate surface area is 87.6 Å². The number of rotatable bonds is 2. The fourth-order valence-corrected chi connectivity index (χ4v) is 1.27. The molecule has 76 valence electrons. The van der Waals surface area contributed by atoms with Gasteiger partial charge in [-0.05, 0) is 6.92 Å². The van der Waals surface area contributed by atoms with Crippen LogP contribution < -0.4 is 5.32 Å². The van der Waals surface area contributed by atoms with Crippen molar-refractivity contribution in [2.45, 2.75) is 6.92 Å². The summed E-state index contributed by atoms with van der Waals surface area (Å²) in [5.74, 6) is 0.645. The van der Waals surface area contributed by atoms with E-state index < -0.39 is 0 Å². The molecular formula is C10H11N5. The molecule has 5 nitrogen and oxygen atoms in total. The van der Waals surface area contributed by atoms with E-state index in [4.69, 9.17) is 0 Å². The summed E-state index contributed by atoms with van der Waals surface area (Å²) in [5, 5.41) is 3.02. The van der Waals surface area contributed by atoms with E-state index in [1.54, 1.807) is 18.6 Å². The van der Waals surface area contributed by atoms with Crippen LogP contribution in [0.2, 0.25) is 0 Å². The van der Waals surface area contributed by atoms with E-state index in [1.807, 2.05) is 14.0 Å².